The Labute approximate surface area is 183 Å². The van der Waals surface area contributed by atoms with Gasteiger partial charge in [-0.15, -0.1) is 0 Å². The van der Waals surface area contributed by atoms with Gasteiger partial charge in [0.2, 0.25) is 5.91 Å². The number of rotatable bonds is 11. The highest BCUT2D eigenvalue weighted by Gasteiger charge is 2.29. The summed E-state index contributed by atoms with van der Waals surface area (Å²) in [5.74, 6) is -0.236. The van der Waals surface area contributed by atoms with Crippen molar-refractivity contribution in [2.75, 3.05) is 20.3 Å². The molecule has 0 saturated heterocycles. The maximum atomic E-state index is 13.9. The molecule has 2 amide bonds. The normalized spacial score (nSPS) is 11.7. The lowest BCUT2D eigenvalue weighted by atomic mass is 10.1. The van der Waals surface area contributed by atoms with Crippen LogP contribution in [0.15, 0.2) is 48.5 Å². The first-order valence-corrected chi connectivity index (χ1v) is 10.4. The number of methoxy groups -OCH3 is 1. The maximum absolute atomic E-state index is 13.9. The molecule has 0 aromatic heterocycles. The first-order chi connectivity index (χ1) is 14.8. The summed E-state index contributed by atoms with van der Waals surface area (Å²) >= 11 is 0. The molecule has 0 aliphatic heterocycles. The summed E-state index contributed by atoms with van der Waals surface area (Å²) in [6, 6.07) is 12.5. The molecule has 0 heterocycles. The van der Waals surface area contributed by atoms with E-state index in [0.717, 1.165) is 5.56 Å². The minimum absolute atomic E-state index is 0.00510. The molecule has 1 atom stereocenters. The molecule has 2 aromatic carbocycles. The molecule has 0 aliphatic rings. The van der Waals surface area contributed by atoms with E-state index < -0.39 is 17.8 Å². The minimum atomic E-state index is -0.679. The first kappa shape index (κ1) is 24.2. The molecule has 7 heteroatoms. The van der Waals surface area contributed by atoms with Crippen LogP contribution in [0.4, 0.5) is 4.39 Å². The van der Waals surface area contributed by atoms with Crippen LogP contribution >= 0.6 is 0 Å². The third-order valence-corrected chi connectivity index (χ3v) is 4.75. The summed E-state index contributed by atoms with van der Waals surface area (Å²) in [5, 5.41) is 2.90. The summed E-state index contributed by atoms with van der Waals surface area (Å²) in [6.45, 7) is 6.19. The van der Waals surface area contributed by atoms with Gasteiger partial charge in [-0.05, 0) is 42.2 Å². The van der Waals surface area contributed by atoms with Crippen molar-refractivity contribution in [2.24, 2.45) is 5.92 Å². The molecule has 6 nitrogen and oxygen atoms in total. The van der Waals surface area contributed by atoms with Crippen LogP contribution in [0.5, 0.6) is 11.5 Å². The van der Waals surface area contributed by atoms with Gasteiger partial charge in [0, 0.05) is 13.1 Å². The van der Waals surface area contributed by atoms with Gasteiger partial charge in [-0.1, -0.05) is 45.0 Å². The quantitative estimate of drug-likeness (QED) is 0.589. The zero-order chi connectivity index (χ0) is 22.8. The SMILES string of the molecule is CCC(C(=O)NCC(C)C)N(Cc1cccc(OC)c1)C(=O)COc1ccccc1F. The van der Waals surface area contributed by atoms with Gasteiger partial charge >= 0.3 is 0 Å². The minimum Gasteiger partial charge on any atom is -0.497 e. The maximum Gasteiger partial charge on any atom is 0.261 e. The average molecular weight is 431 g/mol. The average Bonchev–Trinajstić information content (AvgIpc) is 2.76. The van der Waals surface area contributed by atoms with E-state index in [1.807, 2.05) is 45.0 Å². The molecular weight excluding hydrogens is 399 g/mol. The number of halogens is 1. The number of hydrogen-bond donors (Lipinski definition) is 1. The van der Waals surface area contributed by atoms with Crippen LogP contribution in [0.25, 0.3) is 0 Å². The van der Waals surface area contributed by atoms with Crippen molar-refractivity contribution in [3.63, 3.8) is 0 Å². The topological polar surface area (TPSA) is 67.9 Å². The molecule has 0 radical (unpaired) electrons. The lowest BCUT2D eigenvalue weighted by Gasteiger charge is -2.31. The van der Waals surface area contributed by atoms with Crippen molar-refractivity contribution in [3.05, 3.63) is 59.9 Å². The number of hydrogen-bond acceptors (Lipinski definition) is 4. The molecule has 2 rings (SSSR count). The largest absolute Gasteiger partial charge is 0.497 e. The van der Waals surface area contributed by atoms with E-state index in [4.69, 9.17) is 9.47 Å². The van der Waals surface area contributed by atoms with Gasteiger partial charge in [0.25, 0.3) is 5.91 Å². The third kappa shape index (κ3) is 7.27. The fourth-order valence-corrected chi connectivity index (χ4v) is 3.09. The fraction of sp³-hybridized carbons (Fsp3) is 0.417. The Kier molecular flexibility index (Phi) is 9.31. The number of nitrogens with one attached hydrogen (secondary N) is 1. The van der Waals surface area contributed by atoms with E-state index in [0.29, 0.717) is 18.7 Å². The number of para-hydroxylation sites is 1. The second kappa shape index (κ2) is 11.9. The number of nitrogens with zero attached hydrogens (tertiary/aromatic N) is 1. The molecule has 0 fully saturated rings. The Hall–Kier alpha value is -3.09. The Morgan fingerprint density at radius 2 is 1.87 bits per heavy atom. The molecule has 31 heavy (non-hydrogen) atoms. The molecule has 1 N–H and O–H groups in total. The van der Waals surface area contributed by atoms with E-state index >= 15 is 0 Å². The molecule has 0 aliphatic carbocycles. The van der Waals surface area contributed by atoms with E-state index in [-0.39, 0.29) is 30.7 Å². The molecular formula is C24H31FN2O4. The molecule has 0 bridgehead atoms. The van der Waals surface area contributed by atoms with Crippen LogP contribution in [-0.4, -0.2) is 43.0 Å². The van der Waals surface area contributed by atoms with Crippen molar-refractivity contribution in [3.8, 4) is 11.5 Å². The van der Waals surface area contributed by atoms with Crippen molar-refractivity contribution >= 4 is 11.8 Å². The van der Waals surface area contributed by atoms with Crippen LogP contribution < -0.4 is 14.8 Å². The smallest absolute Gasteiger partial charge is 0.261 e. The third-order valence-electron chi connectivity index (χ3n) is 4.75. The highest BCUT2D eigenvalue weighted by atomic mass is 19.1. The zero-order valence-electron chi connectivity index (χ0n) is 18.6. The van der Waals surface area contributed by atoms with Crippen molar-refractivity contribution in [1.82, 2.24) is 10.2 Å². The number of carbonyl (C=O) groups is 2. The molecule has 1 unspecified atom stereocenters. The number of ether oxygens (including phenoxy) is 2. The second-order valence-electron chi connectivity index (χ2n) is 7.66. The fourth-order valence-electron chi connectivity index (χ4n) is 3.09. The van der Waals surface area contributed by atoms with Gasteiger partial charge in [-0.3, -0.25) is 9.59 Å². The summed E-state index contributed by atoms with van der Waals surface area (Å²) in [6.07, 6.45) is 0.430. The zero-order valence-corrected chi connectivity index (χ0v) is 18.6. The van der Waals surface area contributed by atoms with Gasteiger partial charge in [-0.2, -0.15) is 0 Å². The van der Waals surface area contributed by atoms with Crippen molar-refractivity contribution in [2.45, 2.75) is 39.8 Å². The van der Waals surface area contributed by atoms with Crippen LogP contribution in [-0.2, 0) is 16.1 Å². The Morgan fingerprint density at radius 3 is 2.52 bits per heavy atom. The molecule has 2 aromatic rings. The summed E-state index contributed by atoms with van der Waals surface area (Å²) in [7, 11) is 1.57. The highest BCUT2D eigenvalue weighted by Crippen LogP contribution is 2.19. The van der Waals surface area contributed by atoms with Crippen LogP contribution in [0, 0.1) is 11.7 Å². The monoisotopic (exact) mass is 430 g/mol. The van der Waals surface area contributed by atoms with E-state index in [9.17, 15) is 14.0 Å². The molecule has 168 valence electrons. The number of amides is 2. The molecule has 0 spiro atoms. The predicted molar refractivity (Wildman–Crippen MR) is 117 cm³/mol. The summed E-state index contributed by atoms with van der Waals surface area (Å²) in [4.78, 5) is 27.4. The van der Waals surface area contributed by atoms with Crippen LogP contribution in [0.3, 0.4) is 0 Å². The van der Waals surface area contributed by atoms with Crippen LogP contribution in [0.2, 0.25) is 0 Å². The lowest BCUT2D eigenvalue weighted by molar-refractivity contribution is -0.143. The van der Waals surface area contributed by atoms with Gasteiger partial charge in [0.05, 0.1) is 7.11 Å². The summed E-state index contributed by atoms with van der Waals surface area (Å²) in [5.41, 5.74) is 0.814. The number of benzene rings is 2. The van der Waals surface area contributed by atoms with Gasteiger partial charge < -0.3 is 19.7 Å². The Bertz CT molecular complexity index is 872. The van der Waals surface area contributed by atoms with Gasteiger partial charge in [0.15, 0.2) is 18.2 Å². The van der Waals surface area contributed by atoms with E-state index in [1.165, 1.54) is 17.0 Å². The van der Waals surface area contributed by atoms with Crippen molar-refractivity contribution in [1.29, 1.82) is 0 Å². The standard InChI is InChI=1S/C24H31FN2O4/c1-5-21(24(29)26-14-17(2)3)27(15-18-9-8-10-19(13-18)30-4)23(28)16-31-22-12-7-6-11-20(22)25/h6-13,17,21H,5,14-16H2,1-4H3,(H,26,29). The first-order valence-electron chi connectivity index (χ1n) is 10.4. The van der Waals surface area contributed by atoms with Gasteiger partial charge in [0.1, 0.15) is 11.8 Å². The Balaban J connectivity index is 2.23. The summed E-state index contributed by atoms with van der Waals surface area (Å²) < 4.78 is 24.6. The highest BCUT2D eigenvalue weighted by molar-refractivity contribution is 5.88. The van der Waals surface area contributed by atoms with E-state index in [1.54, 1.807) is 19.2 Å². The lowest BCUT2D eigenvalue weighted by Crippen LogP contribution is -2.50. The van der Waals surface area contributed by atoms with Crippen LogP contribution in [0.1, 0.15) is 32.8 Å². The second-order valence-corrected chi connectivity index (χ2v) is 7.66. The van der Waals surface area contributed by atoms with E-state index in [2.05, 4.69) is 5.32 Å². The Morgan fingerprint density at radius 1 is 1.13 bits per heavy atom. The van der Waals surface area contributed by atoms with Gasteiger partial charge in [-0.25, -0.2) is 4.39 Å². The molecule has 0 saturated carbocycles. The predicted octanol–water partition coefficient (Wildman–Crippen LogP) is 3.79. The number of carbonyl (C=O) groups excluding carboxylic acids is 2. The van der Waals surface area contributed by atoms with Crippen molar-refractivity contribution < 1.29 is 23.5 Å².